The Kier molecular flexibility index (Phi) is 8.48. The Labute approximate surface area is 235 Å². The maximum atomic E-state index is 11.7. The van der Waals surface area contributed by atoms with E-state index in [0.717, 1.165) is 51.4 Å². The summed E-state index contributed by atoms with van der Waals surface area (Å²) in [5, 5.41) is 19.3. The molecule has 0 aromatic carbocycles. The van der Waals surface area contributed by atoms with Gasteiger partial charge in [0, 0.05) is 101 Å². The molecule has 0 aromatic heterocycles. The van der Waals surface area contributed by atoms with Crippen molar-refractivity contribution in [2.45, 2.75) is 87.2 Å². The van der Waals surface area contributed by atoms with Crippen LogP contribution in [0.5, 0.6) is 0 Å². The van der Waals surface area contributed by atoms with E-state index in [2.05, 4.69) is 22.6 Å². The Morgan fingerprint density at radius 2 is 1.35 bits per heavy atom. The van der Waals surface area contributed by atoms with Crippen LogP contribution < -0.4 is 0 Å². The van der Waals surface area contributed by atoms with Gasteiger partial charge >= 0.3 is 0 Å². The Morgan fingerprint density at radius 1 is 0.774 bits per heavy atom. The van der Waals surface area contributed by atoms with Gasteiger partial charge in [-0.3, -0.25) is 19.4 Å². The third-order valence-electron chi connectivity index (χ3n) is 9.04. The fourth-order valence-corrected chi connectivity index (χ4v) is 7.88. The molecule has 31 heavy (non-hydrogen) atoms. The first kappa shape index (κ1) is 26.6. The van der Waals surface area contributed by atoms with Gasteiger partial charge in [-0.05, 0) is 57.3 Å². The number of Topliss-reactive ketones (excluding diaryl/α,β-unsaturated/α-hetero) is 2. The number of hydrogen-bond donors (Lipinski definition) is 2. The molecule has 2 saturated carbocycles. The van der Waals surface area contributed by atoms with Gasteiger partial charge in [0.05, 0.1) is 25.3 Å². The smallest absolute Gasteiger partial charge is 0.150 e. The predicted octanol–water partition coefficient (Wildman–Crippen LogP) is 0.590. The first-order valence-corrected chi connectivity index (χ1v) is 11.2. The van der Waals surface area contributed by atoms with Crippen molar-refractivity contribution < 1.29 is 85.2 Å². The fourth-order valence-electron chi connectivity index (χ4n) is 7.88. The molecule has 2 radical (unpaired) electrons. The molecule has 8 aliphatic rings. The van der Waals surface area contributed by atoms with Crippen molar-refractivity contribution in [2.75, 3.05) is 13.1 Å². The Hall–Kier alpha value is 0.948. The summed E-state index contributed by atoms with van der Waals surface area (Å²) >= 11 is 0. The first-order chi connectivity index (χ1) is 14.0. The van der Waals surface area contributed by atoms with Crippen molar-refractivity contribution in [3.8, 4) is 12.8 Å². The number of terminal acetylenes is 1. The van der Waals surface area contributed by atoms with Gasteiger partial charge in [0.1, 0.15) is 11.6 Å². The molecule has 1 spiro atoms. The van der Waals surface area contributed by atoms with E-state index in [1.165, 1.54) is 0 Å². The van der Waals surface area contributed by atoms with Crippen molar-refractivity contribution in [1.29, 1.82) is 0 Å². The summed E-state index contributed by atoms with van der Waals surface area (Å²) in [5.41, 5.74) is 0.387. The van der Waals surface area contributed by atoms with E-state index in [0.29, 0.717) is 66.1 Å². The first-order valence-electron chi connectivity index (χ1n) is 11.2. The van der Waals surface area contributed by atoms with Crippen LogP contribution in [0.3, 0.4) is 0 Å². The van der Waals surface area contributed by atoms with Gasteiger partial charge in [-0.15, -0.1) is 12.8 Å². The molecule has 2 aliphatic carbocycles. The van der Waals surface area contributed by atoms with Crippen molar-refractivity contribution in [3.05, 3.63) is 0 Å². The second kappa shape index (κ2) is 9.90. The molecule has 8 fully saturated rings. The SMILES string of the molecule is C#C.O=C1CN2C3CC(O)CC2CC1C3.O=C1CN2C3CC(O)CC4CC1CC432.[Y].[Y]. The molecule has 6 bridgehead atoms. The van der Waals surface area contributed by atoms with E-state index in [1.807, 2.05) is 0 Å². The average Bonchev–Trinajstić information content (AvgIpc) is 3.17. The number of aliphatic hydroxyl groups excluding tert-OH is 2. The van der Waals surface area contributed by atoms with E-state index < -0.39 is 0 Å². The van der Waals surface area contributed by atoms with Gasteiger partial charge in [0.15, 0.2) is 0 Å². The Bertz CT molecular complexity index is 732. The van der Waals surface area contributed by atoms with Gasteiger partial charge in [-0.25, -0.2) is 0 Å². The van der Waals surface area contributed by atoms with Crippen molar-refractivity contribution in [3.63, 3.8) is 0 Å². The minimum Gasteiger partial charge on any atom is -0.393 e. The largest absolute Gasteiger partial charge is 0.393 e. The van der Waals surface area contributed by atoms with Crippen LogP contribution in [-0.4, -0.2) is 80.5 Å². The quantitative estimate of drug-likeness (QED) is 0.324. The molecule has 6 aliphatic heterocycles. The van der Waals surface area contributed by atoms with Crippen molar-refractivity contribution in [2.24, 2.45) is 17.8 Å². The van der Waals surface area contributed by atoms with E-state index >= 15 is 0 Å². The van der Waals surface area contributed by atoms with Crippen molar-refractivity contribution >= 4 is 11.6 Å². The second-order valence-electron chi connectivity index (χ2n) is 10.3. The van der Waals surface area contributed by atoms with E-state index in [-0.39, 0.29) is 77.6 Å². The second-order valence-corrected chi connectivity index (χ2v) is 10.3. The maximum Gasteiger partial charge on any atom is 0.150 e. The number of carbonyl (C=O) groups is 2. The van der Waals surface area contributed by atoms with Crippen LogP contribution in [0.2, 0.25) is 0 Å². The molecule has 2 N–H and O–H groups in total. The molecule has 8 unspecified atom stereocenters. The number of aliphatic hydroxyl groups is 2. The summed E-state index contributed by atoms with van der Waals surface area (Å²) in [7, 11) is 0. The summed E-state index contributed by atoms with van der Waals surface area (Å²) in [4.78, 5) is 27.9. The molecule has 6 saturated heterocycles. The topological polar surface area (TPSA) is 80.9 Å². The molecule has 164 valence electrons. The molecular weight excluding hydrogens is 546 g/mol. The van der Waals surface area contributed by atoms with E-state index in [9.17, 15) is 19.8 Å². The molecule has 8 atom stereocenters. The summed E-state index contributed by atoms with van der Waals surface area (Å²) in [6, 6.07) is 1.56. The van der Waals surface area contributed by atoms with E-state index in [1.54, 1.807) is 0 Å². The molecule has 8 heteroatoms. The number of carbonyl (C=O) groups excluding carboxylic acids is 2. The third kappa shape index (κ3) is 4.27. The molecular formula is C23H32N2O4Y2. The molecule has 8 rings (SSSR count). The van der Waals surface area contributed by atoms with Gasteiger partial charge < -0.3 is 10.2 Å². The normalized spacial score (nSPS) is 51.5. The summed E-state index contributed by atoms with van der Waals surface area (Å²) in [5.74, 6) is 2.18. The van der Waals surface area contributed by atoms with Crippen molar-refractivity contribution in [1.82, 2.24) is 9.80 Å². The number of rotatable bonds is 0. The third-order valence-corrected chi connectivity index (χ3v) is 9.04. The Morgan fingerprint density at radius 3 is 1.97 bits per heavy atom. The minimum absolute atomic E-state index is 0. The number of fused-ring (bicyclic) bond motifs is 3. The Balaban J connectivity index is 0.000000154. The predicted molar refractivity (Wildman–Crippen MR) is 107 cm³/mol. The van der Waals surface area contributed by atoms with Gasteiger partial charge in [-0.2, -0.15) is 0 Å². The van der Waals surface area contributed by atoms with Crippen LogP contribution >= 0.6 is 0 Å². The average molecular weight is 578 g/mol. The number of nitrogens with zero attached hydrogens (tertiary/aromatic N) is 2. The zero-order valence-corrected chi connectivity index (χ0v) is 23.8. The number of piperidine rings is 5. The summed E-state index contributed by atoms with van der Waals surface area (Å²) in [6.07, 6.45) is 15.6. The monoisotopic (exact) mass is 578 g/mol. The zero-order chi connectivity index (χ0) is 20.5. The minimum atomic E-state index is -0.111. The molecule has 6 nitrogen and oxygen atoms in total. The van der Waals surface area contributed by atoms with Crippen LogP contribution in [0.4, 0.5) is 0 Å². The summed E-state index contributed by atoms with van der Waals surface area (Å²) < 4.78 is 0. The zero-order valence-electron chi connectivity index (χ0n) is 18.1. The van der Waals surface area contributed by atoms with Gasteiger partial charge in [0.25, 0.3) is 0 Å². The molecule has 0 amide bonds. The van der Waals surface area contributed by atoms with Crippen LogP contribution in [-0.2, 0) is 75.0 Å². The number of ketones is 2. The van der Waals surface area contributed by atoms with Crippen LogP contribution in [0, 0.1) is 30.6 Å². The standard InChI is InChI=1S/C11H15NO2.C10H15NO2.C2H2.2Y/c13-8-2-7-1-6-4-11(7)10(3-8)12(11)5-9(6)14;12-9-3-7-1-6-2-8(4-9)11(7)5-10(6)13;1-2;;/h6-8,10,13H,1-5H2;6-9,12H,1-5H2;1-2H;;. The molecule has 6 heterocycles. The van der Waals surface area contributed by atoms with Crippen LogP contribution in [0.1, 0.15) is 51.4 Å². The molecule has 0 aromatic rings. The van der Waals surface area contributed by atoms with Crippen LogP contribution in [0.25, 0.3) is 0 Å². The van der Waals surface area contributed by atoms with Gasteiger partial charge in [-0.1, -0.05) is 0 Å². The van der Waals surface area contributed by atoms with Crippen LogP contribution in [0.15, 0.2) is 0 Å². The maximum absolute atomic E-state index is 11.7. The number of hydrogen-bond acceptors (Lipinski definition) is 6. The summed E-state index contributed by atoms with van der Waals surface area (Å²) in [6.45, 7) is 1.34. The van der Waals surface area contributed by atoms with E-state index in [4.69, 9.17) is 0 Å². The fraction of sp³-hybridized carbons (Fsp3) is 0.826. The van der Waals surface area contributed by atoms with Gasteiger partial charge in [0.2, 0.25) is 0 Å².